The molecule has 5 nitrogen and oxygen atoms in total. The Morgan fingerprint density at radius 1 is 1.16 bits per heavy atom. The minimum Gasteiger partial charge on any atom is -0.443 e. The third-order valence-corrected chi connectivity index (χ3v) is 4.54. The van der Waals surface area contributed by atoms with Crippen LogP contribution in [0.15, 0.2) is 18.2 Å². The van der Waals surface area contributed by atoms with Gasteiger partial charge in [-0.05, 0) is 66.7 Å². The molecule has 0 aromatic heterocycles. The van der Waals surface area contributed by atoms with Crippen molar-refractivity contribution in [2.75, 3.05) is 11.9 Å². The number of halogens is 1. The molecule has 1 fully saturated rings. The fraction of sp³-hybridized carbons (Fsp3) is 0.611. The van der Waals surface area contributed by atoms with Crippen LogP contribution in [0.1, 0.15) is 48.5 Å². The third-order valence-electron chi connectivity index (χ3n) is 4.54. The molecule has 0 unspecified atom stereocenters. The van der Waals surface area contributed by atoms with Gasteiger partial charge in [0.15, 0.2) is 0 Å². The van der Waals surface area contributed by atoms with Crippen LogP contribution in [-0.4, -0.2) is 37.1 Å². The molecule has 7 heteroatoms. The van der Waals surface area contributed by atoms with E-state index in [1.54, 1.807) is 33.9 Å². The van der Waals surface area contributed by atoms with Crippen LogP contribution in [0.2, 0.25) is 0 Å². The van der Waals surface area contributed by atoms with Gasteiger partial charge in [0.1, 0.15) is 11.4 Å². The number of amides is 1. The minimum absolute atomic E-state index is 0.256. The second-order valence-electron chi connectivity index (χ2n) is 8.33. The molecule has 0 radical (unpaired) electrons. The third kappa shape index (κ3) is 4.15. The van der Waals surface area contributed by atoms with Crippen molar-refractivity contribution < 1.29 is 23.2 Å². The van der Waals surface area contributed by atoms with E-state index in [9.17, 15) is 9.18 Å². The van der Waals surface area contributed by atoms with Crippen LogP contribution in [-0.2, 0) is 14.0 Å². The maximum Gasteiger partial charge on any atom is 0.497 e. The predicted octanol–water partition coefficient (Wildman–Crippen LogP) is 3.50. The van der Waals surface area contributed by atoms with Crippen LogP contribution in [0.25, 0.3) is 0 Å². The molecular formula is C18H27BFNO4. The summed E-state index contributed by atoms with van der Waals surface area (Å²) in [4.78, 5) is 13.6. The smallest absolute Gasteiger partial charge is 0.443 e. The Labute approximate surface area is 149 Å². The molecule has 138 valence electrons. The SMILES string of the molecule is CN(C(=O)OC(C)(C)C)c1ccc(F)c(B2OC(C)(C)C(C)(C)O2)c1. The first-order valence-electron chi connectivity index (χ1n) is 8.35. The van der Waals surface area contributed by atoms with Crippen molar-refractivity contribution in [3.8, 4) is 0 Å². The Kier molecular flexibility index (Phi) is 4.96. The molecule has 0 atom stereocenters. The molecule has 0 N–H and O–H groups in total. The van der Waals surface area contributed by atoms with Crippen molar-refractivity contribution in [2.45, 2.75) is 65.3 Å². The summed E-state index contributed by atoms with van der Waals surface area (Å²) in [5, 5.41) is 0. The molecule has 0 bridgehead atoms. The van der Waals surface area contributed by atoms with E-state index in [1.807, 2.05) is 27.7 Å². The summed E-state index contributed by atoms with van der Waals surface area (Å²) in [5.41, 5.74) is -0.999. The number of hydrogen-bond acceptors (Lipinski definition) is 4. The first kappa shape index (κ1) is 19.7. The van der Waals surface area contributed by atoms with Crippen LogP contribution in [0.3, 0.4) is 0 Å². The number of hydrogen-bond donors (Lipinski definition) is 0. The number of nitrogens with zero attached hydrogens (tertiary/aromatic N) is 1. The number of carbonyl (C=O) groups is 1. The lowest BCUT2D eigenvalue weighted by molar-refractivity contribution is 0.00578. The van der Waals surface area contributed by atoms with Crippen LogP contribution in [0.4, 0.5) is 14.9 Å². The Bertz CT molecular complexity index is 654. The number of rotatable bonds is 2. The minimum atomic E-state index is -0.836. The highest BCUT2D eigenvalue weighted by Crippen LogP contribution is 2.36. The second-order valence-corrected chi connectivity index (χ2v) is 8.33. The van der Waals surface area contributed by atoms with Crippen molar-refractivity contribution >= 4 is 24.4 Å². The molecule has 1 aliphatic heterocycles. The molecule has 1 heterocycles. The van der Waals surface area contributed by atoms with Gasteiger partial charge in [-0.15, -0.1) is 0 Å². The van der Waals surface area contributed by atoms with Gasteiger partial charge in [-0.3, -0.25) is 4.90 Å². The Morgan fingerprint density at radius 2 is 1.68 bits per heavy atom. The maximum atomic E-state index is 14.4. The first-order valence-corrected chi connectivity index (χ1v) is 8.35. The monoisotopic (exact) mass is 351 g/mol. The van der Waals surface area contributed by atoms with Gasteiger partial charge >= 0.3 is 13.2 Å². The number of carbonyl (C=O) groups excluding carboxylic acids is 1. The van der Waals surface area contributed by atoms with E-state index in [0.717, 1.165) is 0 Å². The Morgan fingerprint density at radius 3 is 2.16 bits per heavy atom. The quantitative estimate of drug-likeness (QED) is 0.766. The molecule has 1 saturated heterocycles. The van der Waals surface area contributed by atoms with E-state index in [1.165, 1.54) is 17.0 Å². The second kappa shape index (κ2) is 6.29. The fourth-order valence-electron chi connectivity index (χ4n) is 2.33. The lowest BCUT2D eigenvalue weighted by atomic mass is 9.78. The zero-order valence-corrected chi connectivity index (χ0v) is 16.3. The highest BCUT2D eigenvalue weighted by Gasteiger charge is 2.52. The van der Waals surface area contributed by atoms with E-state index < -0.39 is 35.8 Å². The summed E-state index contributed by atoms with van der Waals surface area (Å²) in [5.74, 6) is -0.445. The van der Waals surface area contributed by atoms with Crippen molar-refractivity contribution in [2.24, 2.45) is 0 Å². The highest BCUT2D eigenvalue weighted by atomic mass is 19.1. The molecule has 25 heavy (non-hydrogen) atoms. The van der Waals surface area contributed by atoms with E-state index in [-0.39, 0.29) is 5.46 Å². The lowest BCUT2D eigenvalue weighted by Crippen LogP contribution is -2.41. The van der Waals surface area contributed by atoms with Gasteiger partial charge in [-0.25, -0.2) is 9.18 Å². The van der Waals surface area contributed by atoms with Gasteiger partial charge in [0, 0.05) is 18.2 Å². The van der Waals surface area contributed by atoms with Gasteiger partial charge in [-0.2, -0.15) is 0 Å². The van der Waals surface area contributed by atoms with Crippen molar-refractivity contribution in [1.82, 2.24) is 0 Å². The molecule has 1 aliphatic rings. The summed E-state index contributed by atoms with van der Waals surface area (Å²) in [6.45, 7) is 13.0. The topological polar surface area (TPSA) is 48.0 Å². The highest BCUT2D eigenvalue weighted by molar-refractivity contribution is 6.62. The van der Waals surface area contributed by atoms with Gasteiger partial charge in [0.05, 0.1) is 11.2 Å². The number of benzene rings is 1. The zero-order valence-electron chi connectivity index (χ0n) is 16.3. The van der Waals surface area contributed by atoms with Crippen LogP contribution < -0.4 is 10.4 Å². The van der Waals surface area contributed by atoms with Gasteiger partial charge in [0.25, 0.3) is 0 Å². The summed E-state index contributed by atoms with van der Waals surface area (Å²) >= 11 is 0. The standard InChI is InChI=1S/C18H27BFNO4/c1-16(2,3)23-15(22)21(8)12-9-10-14(20)13(11-12)19-24-17(4,5)18(6,7)25-19/h9-11H,1-8H3. The van der Waals surface area contributed by atoms with Crippen LogP contribution in [0.5, 0.6) is 0 Å². The van der Waals surface area contributed by atoms with Crippen LogP contribution >= 0.6 is 0 Å². The van der Waals surface area contributed by atoms with Crippen molar-refractivity contribution in [3.63, 3.8) is 0 Å². The lowest BCUT2D eigenvalue weighted by Gasteiger charge is -2.32. The van der Waals surface area contributed by atoms with E-state index in [0.29, 0.717) is 5.69 Å². The first-order chi connectivity index (χ1) is 11.2. The summed E-state index contributed by atoms with van der Waals surface area (Å²) < 4.78 is 31.5. The maximum absolute atomic E-state index is 14.4. The number of ether oxygens (including phenoxy) is 1. The van der Waals surface area contributed by atoms with Crippen molar-refractivity contribution in [3.05, 3.63) is 24.0 Å². The molecule has 0 saturated carbocycles. The molecular weight excluding hydrogens is 324 g/mol. The zero-order chi connectivity index (χ0) is 19.2. The van der Waals surface area contributed by atoms with Gasteiger partial charge in [-0.1, -0.05) is 0 Å². The van der Waals surface area contributed by atoms with Crippen LogP contribution in [0, 0.1) is 5.82 Å². The van der Waals surface area contributed by atoms with Gasteiger partial charge < -0.3 is 14.0 Å². The molecule has 1 aromatic rings. The van der Waals surface area contributed by atoms with E-state index >= 15 is 0 Å². The van der Waals surface area contributed by atoms with Gasteiger partial charge in [0.2, 0.25) is 0 Å². The average Bonchev–Trinajstić information content (AvgIpc) is 2.65. The molecule has 1 aromatic carbocycles. The summed E-state index contributed by atoms with van der Waals surface area (Å²) in [7, 11) is 0.743. The Hall–Kier alpha value is -1.60. The summed E-state index contributed by atoms with van der Waals surface area (Å²) in [6.07, 6.45) is -0.515. The molecule has 2 rings (SSSR count). The molecule has 1 amide bonds. The summed E-state index contributed by atoms with van der Waals surface area (Å²) in [6, 6.07) is 4.38. The average molecular weight is 351 g/mol. The Balaban J connectivity index is 2.28. The number of anilines is 1. The molecule has 0 aliphatic carbocycles. The fourth-order valence-corrected chi connectivity index (χ4v) is 2.33. The largest absolute Gasteiger partial charge is 0.497 e. The normalized spacial score (nSPS) is 19.0. The molecule has 0 spiro atoms. The predicted molar refractivity (Wildman–Crippen MR) is 96.8 cm³/mol. The van der Waals surface area contributed by atoms with Crippen molar-refractivity contribution in [1.29, 1.82) is 0 Å². The van der Waals surface area contributed by atoms with E-state index in [2.05, 4.69) is 0 Å². The van der Waals surface area contributed by atoms with E-state index in [4.69, 9.17) is 14.0 Å².